The van der Waals surface area contributed by atoms with Gasteiger partial charge >= 0.3 is 7.82 Å². The maximum Gasteiger partial charge on any atom is 0.469 e. The van der Waals surface area contributed by atoms with Gasteiger partial charge in [0.05, 0.1) is 16.5 Å². The number of hydrogen-bond acceptors (Lipinski definition) is 5. The second kappa shape index (κ2) is 11.6. The highest BCUT2D eigenvalue weighted by molar-refractivity contribution is 7.46. The van der Waals surface area contributed by atoms with Crippen LogP contribution in [0.15, 0.2) is 12.1 Å². The summed E-state index contributed by atoms with van der Waals surface area (Å²) in [7, 11) is -4.68. The third-order valence-corrected chi connectivity index (χ3v) is 13.8. The van der Waals surface area contributed by atoms with Gasteiger partial charge in [0.1, 0.15) is 5.78 Å². The minimum Gasteiger partial charge on any atom is -0.348 e. The first-order chi connectivity index (χ1) is 19.1. The zero-order valence-electron chi connectivity index (χ0n) is 25.0. The number of nitrogens with one attached hydrogen (secondary N) is 1. The minimum atomic E-state index is -4.68. The summed E-state index contributed by atoms with van der Waals surface area (Å²) in [6, 6.07) is 3.80. The first-order valence-electron chi connectivity index (χ1n) is 15.4. The van der Waals surface area contributed by atoms with Crippen molar-refractivity contribution < 1.29 is 28.5 Å². The molecule has 10 atom stereocenters. The van der Waals surface area contributed by atoms with Crippen molar-refractivity contribution in [3.63, 3.8) is 0 Å². The molecule has 4 aliphatic carbocycles. The van der Waals surface area contributed by atoms with Crippen molar-refractivity contribution in [3.8, 4) is 0 Å². The van der Waals surface area contributed by atoms with Crippen molar-refractivity contribution >= 4 is 42.5 Å². The summed E-state index contributed by atoms with van der Waals surface area (Å²) in [5.41, 5.74) is -0.0292. The van der Waals surface area contributed by atoms with Crippen molar-refractivity contribution in [2.45, 2.75) is 105 Å². The van der Waals surface area contributed by atoms with E-state index in [-0.39, 0.29) is 64.1 Å². The number of hydrogen-bond donors (Lipinski definition) is 3. The molecule has 1 aromatic rings. The monoisotopic (exact) mass is 627 g/mol. The molecule has 1 amide bonds. The van der Waals surface area contributed by atoms with Crippen LogP contribution >= 0.6 is 30.8 Å². The van der Waals surface area contributed by atoms with Gasteiger partial charge in [0, 0.05) is 24.1 Å². The molecule has 0 bridgehead atoms. The summed E-state index contributed by atoms with van der Waals surface area (Å²) in [4.78, 5) is 46.6. The number of ketones is 1. The quantitative estimate of drug-likeness (QED) is 0.256. The van der Waals surface area contributed by atoms with E-state index in [1.165, 1.54) is 11.3 Å². The molecular weight excluding hydrogens is 581 g/mol. The molecule has 5 rings (SSSR count). The summed E-state index contributed by atoms with van der Waals surface area (Å²) in [6.07, 6.45) is 6.40. The Morgan fingerprint density at radius 3 is 2.49 bits per heavy atom. The topological polar surface area (TPSA) is 113 Å². The van der Waals surface area contributed by atoms with Crippen molar-refractivity contribution in [2.24, 2.45) is 52.3 Å². The number of phosphoric ester groups is 1. The normalized spacial score (nSPS) is 38.6. The number of carbonyl (C=O) groups is 2. The Labute approximate surface area is 253 Å². The number of rotatable bonds is 8. The lowest BCUT2D eigenvalue weighted by Crippen LogP contribution is -2.58. The average molecular weight is 628 g/mol. The number of halogens is 1. The van der Waals surface area contributed by atoms with Crippen LogP contribution < -0.4 is 5.32 Å². The van der Waals surface area contributed by atoms with Gasteiger partial charge in [0.2, 0.25) is 5.91 Å². The molecule has 3 N–H and O–H groups in total. The van der Waals surface area contributed by atoms with Gasteiger partial charge in [-0.15, -0.1) is 11.3 Å². The fourth-order valence-electron chi connectivity index (χ4n) is 9.98. The standard InChI is InChI=1S/C31H47ClNO6PS/c1-17(2)29(25-8-9-26(32)41-25)33-27(35)14-18(3)21-6-7-22-28-23(11-13-31(21,22)5)30(4)12-10-20(34)15-19(30)16-24(28)39-40(36,37)38/h8-9,17-19,21-24,28-29H,6-7,10-16H2,1-5H3,(H,33,35)(H2,36,37,38)/t18-,19+,21-,22+,23+,24-,28+,29-,30+,31-/m1/s1. The lowest BCUT2D eigenvalue weighted by Gasteiger charge is -2.62. The van der Waals surface area contributed by atoms with E-state index in [9.17, 15) is 23.9 Å². The van der Waals surface area contributed by atoms with Gasteiger partial charge in [-0.3, -0.25) is 14.1 Å². The molecule has 0 saturated heterocycles. The van der Waals surface area contributed by atoms with Gasteiger partial charge in [-0.2, -0.15) is 0 Å². The molecule has 41 heavy (non-hydrogen) atoms. The fraction of sp³-hybridized carbons (Fsp3) is 0.806. The van der Waals surface area contributed by atoms with E-state index in [4.69, 9.17) is 16.1 Å². The molecule has 1 aromatic heterocycles. The van der Waals surface area contributed by atoms with Crippen LogP contribution in [0.4, 0.5) is 0 Å². The lowest BCUT2D eigenvalue weighted by atomic mass is 9.44. The predicted octanol–water partition coefficient (Wildman–Crippen LogP) is 7.56. The maximum atomic E-state index is 13.4. The summed E-state index contributed by atoms with van der Waals surface area (Å²) in [5.74, 6) is 1.81. The van der Waals surface area contributed by atoms with Crippen LogP contribution in [0, 0.1) is 52.3 Å². The van der Waals surface area contributed by atoms with Crippen LogP contribution in [0.1, 0.15) is 103 Å². The van der Waals surface area contributed by atoms with Gasteiger partial charge in [0.25, 0.3) is 0 Å². The molecule has 230 valence electrons. The zero-order valence-corrected chi connectivity index (χ0v) is 27.4. The SMILES string of the molecule is CC(C)[C@@H](NC(=O)C[C@@H](C)[C@H]1CC[C@H]2[C@@H]3[C@H](OP(=O)(O)O)C[C@@H]4CC(=O)CC[C@]4(C)[C@H]3CC[C@]12C)c1ccc(Cl)s1. The Balaban J connectivity index is 1.34. The van der Waals surface area contributed by atoms with E-state index >= 15 is 0 Å². The number of thiophene rings is 1. The predicted molar refractivity (Wildman–Crippen MR) is 161 cm³/mol. The molecule has 10 heteroatoms. The van der Waals surface area contributed by atoms with Crippen molar-refractivity contribution in [1.82, 2.24) is 5.32 Å². The number of Topliss-reactive ketones (excluding diaryl/α,β-unsaturated/α-hetero) is 1. The van der Waals surface area contributed by atoms with Crippen molar-refractivity contribution in [3.05, 3.63) is 21.3 Å². The Morgan fingerprint density at radius 1 is 1.15 bits per heavy atom. The Morgan fingerprint density at radius 2 is 1.85 bits per heavy atom. The van der Waals surface area contributed by atoms with Crippen LogP contribution in [-0.2, 0) is 18.7 Å². The van der Waals surface area contributed by atoms with Gasteiger partial charge in [0.15, 0.2) is 0 Å². The minimum absolute atomic E-state index is 0.00516. The van der Waals surface area contributed by atoms with Gasteiger partial charge in [-0.05, 0) is 103 Å². The molecule has 0 radical (unpaired) electrons. The molecule has 1 heterocycles. The fourth-order valence-corrected chi connectivity index (χ4v) is 11.8. The molecule has 7 nitrogen and oxygen atoms in total. The number of fused-ring (bicyclic) bond motifs is 5. The highest BCUT2D eigenvalue weighted by atomic mass is 35.5. The third kappa shape index (κ3) is 6.13. The largest absolute Gasteiger partial charge is 0.469 e. The third-order valence-electron chi connectivity index (χ3n) is 11.9. The summed E-state index contributed by atoms with van der Waals surface area (Å²) in [5, 5.41) is 3.28. The molecule has 0 unspecified atom stereocenters. The molecule has 0 spiro atoms. The number of amides is 1. The summed E-state index contributed by atoms with van der Waals surface area (Å²) < 4.78 is 18.4. The molecule has 0 aromatic carbocycles. The van der Waals surface area contributed by atoms with Crippen molar-refractivity contribution in [2.75, 3.05) is 0 Å². The summed E-state index contributed by atoms with van der Waals surface area (Å²) >= 11 is 7.69. The second-order valence-corrected chi connectivity index (χ2v) is 17.4. The van der Waals surface area contributed by atoms with E-state index in [2.05, 4.69) is 39.9 Å². The van der Waals surface area contributed by atoms with Gasteiger partial charge in [-0.1, -0.05) is 46.2 Å². The molecule has 4 saturated carbocycles. The van der Waals surface area contributed by atoms with E-state index in [0.717, 1.165) is 41.3 Å². The van der Waals surface area contributed by atoms with Crippen LogP contribution in [0.2, 0.25) is 4.34 Å². The van der Waals surface area contributed by atoms with E-state index in [0.29, 0.717) is 31.6 Å². The maximum absolute atomic E-state index is 13.4. The molecular formula is C31H47ClNO6PS. The Hall–Kier alpha value is -0.760. The first kappa shape index (κ1) is 31.7. The number of carbonyl (C=O) groups excluding carboxylic acids is 2. The van der Waals surface area contributed by atoms with Gasteiger partial charge in [-0.25, -0.2) is 4.57 Å². The van der Waals surface area contributed by atoms with Crippen LogP contribution in [0.5, 0.6) is 0 Å². The van der Waals surface area contributed by atoms with Crippen LogP contribution in [0.25, 0.3) is 0 Å². The number of phosphoric acid groups is 1. The Bertz CT molecular complexity index is 1200. The van der Waals surface area contributed by atoms with Crippen molar-refractivity contribution in [1.29, 1.82) is 0 Å². The smallest absolute Gasteiger partial charge is 0.348 e. The highest BCUT2D eigenvalue weighted by Crippen LogP contribution is 2.69. The van der Waals surface area contributed by atoms with Crippen LogP contribution in [-0.4, -0.2) is 27.6 Å². The molecule has 4 aliphatic rings. The molecule has 0 aliphatic heterocycles. The highest BCUT2D eigenvalue weighted by Gasteiger charge is 2.64. The average Bonchev–Trinajstić information content (AvgIpc) is 3.45. The Kier molecular flexibility index (Phi) is 8.98. The zero-order chi connectivity index (χ0) is 29.9. The lowest BCUT2D eigenvalue weighted by molar-refractivity contribution is -0.166. The molecule has 4 fully saturated rings. The van der Waals surface area contributed by atoms with Gasteiger partial charge < -0.3 is 15.1 Å². The van der Waals surface area contributed by atoms with E-state index < -0.39 is 13.9 Å². The second-order valence-electron chi connectivity index (χ2n) is 14.4. The van der Waals surface area contributed by atoms with Crippen LogP contribution in [0.3, 0.4) is 0 Å². The summed E-state index contributed by atoms with van der Waals surface area (Å²) in [6.45, 7) is 11.1. The van der Waals surface area contributed by atoms with E-state index in [1.807, 2.05) is 12.1 Å². The van der Waals surface area contributed by atoms with E-state index in [1.54, 1.807) is 0 Å². The first-order valence-corrected chi connectivity index (χ1v) is 18.1.